The first-order valence-electron chi connectivity index (χ1n) is 9.50. The summed E-state index contributed by atoms with van der Waals surface area (Å²) in [7, 11) is 1.37. The summed E-state index contributed by atoms with van der Waals surface area (Å²) < 4.78 is 13.0. The average Bonchev–Trinajstić information content (AvgIpc) is 3.20. The van der Waals surface area contributed by atoms with Crippen LogP contribution in [0.5, 0.6) is 0 Å². The maximum atomic E-state index is 12.7. The van der Waals surface area contributed by atoms with Gasteiger partial charge < -0.3 is 14.4 Å². The first kappa shape index (κ1) is 20.2. The summed E-state index contributed by atoms with van der Waals surface area (Å²) in [5.74, 6) is -0.296. The SMILES string of the molecule is CCOC(=O)c1ncn2c1N(c1ccc(Br)cc1)C(CC(=O)OC)c1ccccc1-2. The first-order valence-corrected chi connectivity index (χ1v) is 10.3. The minimum absolute atomic E-state index is 0.108. The summed E-state index contributed by atoms with van der Waals surface area (Å²) in [6.45, 7) is 1.99. The van der Waals surface area contributed by atoms with Crippen LogP contribution in [0.4, 0.5) is 11.5 Å². The van der Waals surface area contributed by atoms with E-state index in [1.807, 2.05) is 58.0 Å². The van der Waals surface area contributed by atoms with Gasteiger partial charge in [0.2, 0.25) is 0 Å². The summed E-state index contributed by atoms with van der Waals surface area (Å²) in [5, 5.41) is 0. The second-order valence-electron chi connectivity index (χ2n) is 6.71. The summed E-state index contributed by atoms with van der Waals surface area (Å²) in [5.41, 5.74) is 2.81. The van der Waals surface area contributed by atoms with Gasteiger partial charge in [0.25, 0.3) is 0 Å². The zero-order valence-corrected chi connectivity index (χ0v) is 18.1. The molecule has 4 rings (SSSR count). The van der Waals surface area contributed by atoms with Gasteiger partial charge in [-0.3, -0.25) is 9.36 Å². The number of rotatable bonds is 5. The lowest BCUT2D eigenvalue weighted by atomic mass is 9.96. The Kier molecular flexibility index (Phi) is 5.59. The number of hydrogen-bond acceptors (Lipinski definition) is 6. The van der Waals surface area contributed by atoms with Crippen LogP contribution < -0.4 is 4.90 Å². The maximum Gasteiger partial charge on any atom is 0.360 e. The molecule has 1 aromatic heterocycles. The third-order valence-electron chi connectivity index (χ3n) is 5.00. The minimum Gasteiger partial charge on any atom is -0.469 e. The van der Waals surface area contributed by atoms with Gasteiger partial charge in [0.1, 0.15) is 6.33 Å². The molecular formula is C22H20BrN3O4. The monoisotopic (exact) mass is 469 g/mol. The number of hydrogen-bond donors (Lipinski definition) is 0. The van der Waals surface area contributed by atoms with E-state index in [9.17, 15) is 9.59 Å². The number of carbonyl (C=O) groups excluding carboxylic acids is 2. The Morgan fingerprint density at radius 2 is 1.87 bits per heavy atom. The topological polar surface area (TPSA) is 73.7 Å². The number of fused-ring (bicyclic) bond motifs is 3. The average molecular weight is 470 g/mol. The van der Waals surface area contributed by atoms with Crippen molar-refractivity contribution in [1.29, 1.82) is 0 Å². The fourth-order valence-corrected chi connectivity index (χ4v) is 3.98. The third kappa shape index (κ3) is 3.47. The quantitative estimate of drug-likeness (QED) is 0.509. The molecule has 1 aliphatic rings. The minimum atomic E-state index is -0.510. The summed E-state index contributed by atoms with van der Waals surface area (Å²) >= 11 is 3.46. The van der Waals surface area contributed by atoms with Crippen LogP contribution in [0.15, 0.2) is 59.3 Å². The number of aromatic nitrogens is 2. The summed E-state index contributed by atoms with van der Waals surface area (Å²) in [4.78, 5) is 31.3. The van der Waals surface area contributed by atoms with Crippen molar-refractivity contribution in [2.45, 2.75) is 19.4 Å². The van der Waals surface area contributed by atoms with Crippen molar-refractivity contribution in [3.63, 3.8) is 0 Å². The van der Waals surface area contributed by atoms with E-state index in [1.54, 1.807) is 13.3 Å². The highest BCUT2D eigenvalue weighted by Gasteiger charge is 2.38. The summed E-state index contributed by atoms with van der Waals surface area (Å²) in [6.07, 6.45) is 1.72. The van der Waals surface area contributed by atoms with E-state index in [1.165, 1.54) is 7.11 Å². The molecule has 0 saturated heterocycles. The number of esters is 2. The molecule has 7 nitrogen and oxygen atoms in total. The van der Waals surface area contributed by atoms with Gasteiger partial charge in [-0.25, -0.2) is 9.78 Å². The van der Waals surface area contributed by atoms with Gasteiger partial charge in [0.15, 0.2) is 11.5 Å². The molecule has 0 spiro atoms. The molecule has 0 amide bonds. The van der Waals surface area contributed by atoms with E-state index in [0.717, 1.165) is 21.4 Å². The fourth-order valence-electron chi connectivity index (χ4n) is 3.71. The lowest BCUT2D eigenvalue weighted by molar-refractivity contribution is -0.141. The molecule has 3 aromatic rings. The second kappa shape index (κ2) is 8.31. The number of para-hydroxylation sites is 1. The van der Waals surface area contributed by atoms with Crippen LogP contribution in [0.3, 0.4) is 0 Å². The highest BCUT2D eigenvalue weighted by atomic mass is 79.9. The molecule has 8 heteroatoms. The van der Waals surface area contributed by atoms with Crippen LogP contribution in [0.25, 0.3) is 5.69 Å². The fraction of sp³-hybridized carbons (Fsp3) is 0.227. The van der Waals surface area contributed by atoms with Gasteiger partial charge >= 0.3 is 11.9 Å². The van der Waals surface area contributed by atoms with Gasteiger partial charge in [-0.1, -0.05) is 34.1 Å². The van der Waals surface area contributed by atoms with Crippen molar-refractivity contribution < 1.29 is 19.1 Å². The van der Waals surface area contributed by atoms with E-state index in [0.29, 0.717) is 5.82 Å². The predicted octanol–water partition coefficient (Wildman–Crippen LogP) is 4.57. The Hall–Kier alpha value is -3.13. The Morgan fingerprint density at radius 3 is 2.57 bits per heavy atom. The molecule has 30 heavy (non-hydrogen) atoms. The lowest BCUT2D eigenvalue weighted by Crippen LogP contribution is -2.33. The maximum absolute atomic E-state index is 12.7. The van der Waals surface area contributed by atoms with Crippen LogP contribution in [-0.4, -0.2) is 35.2 Å². The predicted molar refractivity (Wildman–Crippen MR) is 115 cm³/mol. The number of ether oxygens (including phenoxy) is 2. The molecule has 0 N–H and O–H groups in total. The van der Waals surface area contributed by atoms with Gasteiger partial charge in [-0.05, 0) is 42.8 Å². The Labute approximate surface area is 182 Å². The highest BCUT2D eigenvalue weighted by Crippen LogP contribution is 2.46. The third-order valence-corrected chi connectivity index (χ3v) is 5.53. The molecule has 0 saturated carbocycles. The van der Waals surface area contributed by atoms with E-state index >= 15 is 0 Å². The van der Waals surface area contributed by atoms with Gasteiger partial charge in [0.05, 0.1) is 31.9 Å². The first-order chi connectivity index (χ1) is 14.5. The standard InChI is InChI=1S/C22H20BrN3O4/c1-3-30-22(28)20-21-25(13-24-20)17-7-5-4-6-16(17)18(12-19(27)29-2)26(21)15-10-8-14(23)9-11-15/h4-11,13,18H,3,12H2,1-2H3. The Bertz CT molecular complexity index is 1090. The van der Waals surface area contributed by atoms with Crippen LogP contribution in [-0.2, 0) is 14.3 Å². The molecule has 154 valence electrons. The van der Waals surface area contributed by atoms with Crippen molar-refractivity contribution in [2.24, 2.45) is 0 Å². The van der Waals surface area contributed by atoms with Crippen molar-refractivity contribution >= 4 is 39.4 Å². The number of methoxy groups -OCH3 is 1. The molecule has 2 aromatic carbocycles. The number of nitrogens with zero attached hydrogens (tertiary/aromatic N) is 3. The molecule has 0 aliphatic carbocycles. The zero-order chi connectivity index (χ0) is 21.3. The van der Waals surface area contributed by atoms with Gasteiger partial charge in [-0.15, -0.1) is 0 Å². The second-order valence-corrected chi connectivity index (χ2v) is 7.62. The van der Waals surface area contributed by atoms with E-state index in [-0.39, 0.29) is 30.7 Å². The number of anilines is 2. The molecule has 1 atom stereocenters. The van der Waals surface area contributed by atoms with Crippen LogP contribution >= 0.6 is 15.9 Å². The molecule has 1 aliphatic heterocycles. The molecule has 2 heterocycles. The number of carbonyl (C=O) groups is 2. The number of benzene rings is 2. The number of imidazole rings is 1. The molecule has 1 unspecified atom stereocenters. The van der Waals surface area contributed by atoms with Crippen LogP contribution in [0.2, 0.25) is 0 Å². The zero-order valence-electron chi connectivity index (χ0n) is 16.5. The normalized spacial score (nSPS) is 14.6. The largest absolute Gasteiger partial charge is 0.469 e. The van der Waals surface area contributed by atoms with Crippen molar-refractivity contribution in [1.82, 2.24) is 9.55 Å². The van der Waals surface area contributed by atoms with Crippen molar-refractivity contribution in [2.75, 3.05) is 18.6 Å². The van der Waals surface area contributed by atoms with Crippen LogP contribution in [0.1, 0.15) is 35.4 Å². The van der Waals surface area contributed by atoms with Crippen LogP contribution in [0, 0.1) is 0 Å². The molecule has 0 fully saturated rings. The smallest absolute Gasteiger partial charge is 0.360 e. The van der Waals surface area contributed by atoms with E-state index < -0.39 is 5.97 Å². The van der Waals surface area contributed by atoms with Crippen molar-refractivity contribution in [3.8, 4) is 5.69 Å². The summed E-state index contributed by atoms with van der Waals surface area (Å²) in [6, 6.07) is 15.1. The molecule has 0 radical (unpaired) electrons. The van der Waals surface area contributed by atoms with E-state index in [4.69, 9.17) is 9.47 Å². The Morgan fingerprint density at radius 1 is 1.13 bits per heavy atom. The van der Waals surface area contributed by atoms with E-state index in [2.05, 4.69) is 20.9 Å². The molecule has 0 bridgehead atoms. The van der Waals surface area contributed by atoms with Gasteiger partial charge in [-0.2, -0.15) is 0 Å². The lowest BCUT2D eigenvalue weighted by Gasteiger charge is -2.39. The molecular weight excluding hydrogens is 450 g/mol. The van der Waals surface area contributed by atoms with Gasteiger partial charge in [0, 0.05) is 10.2 Å². The highest BCUT2D eigenvalue weighted by molar-refractivity contribution is 9.10. The van der Waals surface area contributed by atoms with Crippen molar-refractivity contribution in [3.05, 3.63) is 70.6 Å². The Balaban J connectivity index is 1.97. The number of halogens is 1.